The summed E-state index contributed by atoms with van der Waals surface area (Å²) in [6.07, 6.45) is 2.60. The monoisotopic (exact) mass is 384 g/mol. The number of hydrogen-bond donors (Lipinski definition) is 0. The molecule has 28 heavy (non-hydrogen) atoms. The van der Waals surface area contributed by atoms with E-state index in [1.165, 1.54) is 16.8 Å². The van der Waals surface area contributed by atoms with Gasteiger partial charge in [0.1, 0.15) is 5.60 Å². The lowest BCUT2D eigenvalue weighted by atomic mass is 9.99. The van der Waals surface area contributed by atoms with E-state index < -0.39 is 5.60 Å². The Kier molecular flexibility index (Phi) is 7.41. The lowest BCUT2D eigenvalue weighted by Crippen LogP contribution is -2.41. The summed E-state index contributed by atoms with van der Waals surface area (Å²) >= 11 is 0. The molecular formula is C24H36N2O2. The van der Waals surface area contributed by atoms with Gasteiger partial charge < -0.3 is 14.5 Å². The lowest BCUT2D eigenvalue weighted by Gasteiger charge is -2.32. The number of carbonyl (C=O) groups is 1. The number of hydrogen-bond acceptors (Lipinski definition) is 3. The van der Waals surface area contributed by atoms with E-state index in [0.29, 0.717) is 12.6 Å². The fourth-order valence-electron chi connectivity index (χ4n) is 3.80. The molecule has 0 N–H and O–H groups in total. The van der Waals surface area contributed by atoms with Crippen molar-refractivity contribution < 1.29 is 9.53 Å². The minimum absolute atomic E-state index is 0.209. The minimum atomic E-state index is -0.460. The second kappa shape index (κ2) is 9.37. The summed E-state index contributed by atoms with van der Waals surface area (Å²) in [5.41, 5.74) is 4.54. The van der Waals surface area contributed by atoms with Gasteiger partial charge >= 0.3 is 6.09 Å². The molecule has 1 aromatic carbocycles. The number of aryl methyl sites for hydroxylation is 1. The molecule has 1 fully saturated rings. The van der Waals surface area contributed by atoms with Crippen LogP contribution in [0, 0.1) is 18.8 Å². The average Bonchev–Trinajstić information content (AvgIpc) is 3.11. The first-order chi connectivity index (χ1) is 13.2. The largest absolute Gasteiger partial charge is 0.444 e. The number of rotatable bonds is 4. The number of ether oxygens (including phenoxy) is 1. The standard InChI is InChI=1S/C24H36N2O2/c1-8-11-12-19-15-20(9-2)18(4)22(16-19)26(10-3)21-13-14-25(17-21)23(27)28-24(5,6)7/h15-16,21H,8-10,13-14,17H2,1-7H3. The summed E-state index contributed by atoms with van der Waals surface area (Å²) in [6, 6.07) is 4.74. The number of likely N-dealkylation sites (tertiary alicyclic amines) is 1. The van der Waals surface area contributed by atoms with Gasteiger partial charge in [0, 0.05) is 43.3 Å². The predicted octanol–water partition coefficient (Wildman–Crippen LogP) is 5.15. The highest BCUT2D eigenvalue weighted by atomic mass is 16.6. The summed E-state index contributed by atoms with van der Waals surface area (Å²) in [5.74, 6) is 6.49. The molecule has 1 saturated heterocycles. The topological polar surface area (TPSA) is 32.8 Å². The summed E-state index contributed by atoms with van der Waals surface area (Å²) in [7, 11) is 0. The highest BCUT2D eigenvalue weighted by Gasteiger charge is 2.33. The van der Waals surface area contributed by atoms with Gasteiger partial charge in [-0.25, -0.2) is 4.79 Å². The van der Waals surface area contributed by atoms with Crippen LogP contribution in [-0.4, -0.2) is 42.3 Å². The summed E-state index contributed by atoms with van der Waals surface area (Å²) < 4.78 is 5.56. The van der Waals surface area contributed by atoms with Crippen molar-refractivity contribution in [1.82, 2.24) is 4.90 Å². The Bertz CT molecular complexity index is 752. The van der Waals surface area contributed by atoms with Crippen LogP contribution < -0.4 is 4.90 Å². The molecule has 1 aromatic rings. The molecule has 0 aromatic heterocycles. The number of nitrogens with zero attached hydrogens (tertiary/aromatic N) is 2. The van der Waals surface area contributed by atoms with Crippen molar-refractivity contribution in [3.8, 4) is 11.8 Å². The van der Waals surface area contributed by atoms with Crippen molar-refractivity contribution in [3.05, 3.63) is 28.8 Å². The van der Waals surface area contributed by atoms with Crippen LogP contribution in [0.2, 0.25) is 0 Å². The highest BCUT2D eigenvalue weighted by Crippen LogP contribution is 2.30. The third kappa shape index (κ3) is 5.44. The van der Waals surface area contributed by atoms with E-state index in [-0.39, 0.29) is 6.09 Å². The SMILES string of the molecule is CCC#Cc1cc(CC)c(C)c(N(CC)C2CCN(C(=O)OC(C)(C)C)C2)c1. The molecule has 1 aliphatic heterocycles. The summed E-state index contributed by atoms with van der Waals surface area (Å²) in [6.45, 7) is 16.7. The minimum Gasteiger partial charge on any atom is -0.444 e. The van der Waals surface area contributed by atoms with Crippen molar-refractivity contribution in [2.24, 2.45) is 0 Å². The Balaban J connectivity index is 2.27. The smallest absolute Gasteiger partial charge is 0.410 e. The van der Waals surface area contributed by atoms with E-state index in [1.807, 2.05) is 25.7 Å². The number of likely N-dealkylation sites (N-methyl/N-ethyl adjacent to an activating group) is 1. The van der Waals surface area contributed by atoms with Gasteiger partial charge in [-0.3, -0.25) is 0 Å². The normalized spacial score (nSPS) is 16.5. The van der Waals surface area contributed by atoms with Crippen LogP contribution in [0.1, 0.15) is 71.1 Å². The van der Waals surface area contributed by atoms with Crippen molar-refractivity contribution in [1.29, 1.82) is 0 Å². The van der Waals surface area contributed by atoms with Gasteiger partial charge in [0.25, 0.3) is 0 Å². The van der Waals surface area contributed by atoms with Crippen molar-refractivity contribution in [2.45, 2.75) is 79.4 Å². The summed E-state index contributed by atoms with van der Waals surface area (Å²) in [4.78, 5) is 16.7. The van der Waals surface area contributed by atoms with Gasteiger partial charge in [0.05, 0.1) is 0 Å². The van der Waals surface area contributed by atoms with Gasteiger partial charge in [-0.15, -0.1) is 0 Å². The molecule has 0 bridgehead atoms. The molecule has 0 saturated carbocycles. The quantitative estimate of drug-likeness (QED) is 0.673. The molecule has 1 aliphatic rings. The molecule has 0 spiro atoms. The average molecular weight is 385 g/mol. The van der Waals surface area contributed by atoms with Crippen LogP contribution in [0.5, 0.6) is 0 Å². The van der Waals surface area contributed by atoms with Crippen molar-refractivity contribution in [3.63, 3.8) is 0 Å². The molecule has 4 nitrogen and oxygen atoms in total. The van der Waals surface area contributed by atoms with Crippen LogP contribution in [0.25, 0.3) is 0 Å². The molecule has 2 rings (SSSR count). The first-order valence-corrected chi connectivity index (χ1v) is 10.6. The Hall–Kier alpha value is -2.15. The molecule has 1 heterocycles. The number of anilines is 1. The third-order valence-electron chi connectivity index (χ3n) is 5.18. The van der Waals surface area contributed by atoms with Gasteiger partial charge in [0.15, 0.2) is 0 Å². The molecule has 0 aliphatic carbocycles. The van der Waals surface area contributed by atoms with Gasteiger partial charge in [-0.05, 0) is 70.7 Å². The van der Waals surface area contributed by atoms with E-state index in [1.54, 1.807) is 0 Å². The van der Waals surface area contributed by atoms with E-state index in [4.69, 9.17) is 4.74 Å². The van der Waals surface area contributed by atoms with Gasteiger partial charge in [0.2, 0.25) is 0 Å². The molecule has 154 valence electrons. The van der Waals surface area contributed by atoms with Gasteiger partial charge in [-0.2, -0.15) is 0 Å². The lowest BCUT2D eigenvalue weighted by molar-refractivity contribution is 0.0292. The fraction of sp³-hybridized carbons (Fsp3) is 0.625. The maximum Gasteiger partial charge on any atom is 0.410 e. The molecule has 1 unspecified atom stereocenters. The van der Waals surface area contributed by atoms with E-state index >= 15 is 0 Å². The van der Waals surface area contributed by atoms with E-state index in [0.717, 1.165) is 37.9 Å². The van der Waals surface area contributed by atoms with Crippen LogP contribution in [-0.2, 0) is 11.2 Å². The van der Waals surface area contributed by atoms with Crippen molar-refractivity contribution >= 4 is 11.8 Å². The Morgan fingerprint density at radius 1 is 1.29 bits per heavy atom. The highest BCUT2D eigenvalue weighted by molar-refractivity contribution is 5.69. The maximum absolute atomic E-state index is 12.5. The fourth-order valence-corrected chi connectivity index (χ4v) is 3.80. The number of carbonyl (C=O) groups excluding carboxylic acids is 1. The van der Waals surface area contributed by atoms with Crippen LogP contribution in [0.15, 0.2) is 12.1 Å². The molecule has 0 radical (unpaired) electrons. The van der Waals surface area contributed by atoms with Crippen molar-refractivity contribution in [2.75, 3.05) is 24.5 Å². The first-order valence-electron chi connectivity index (χ1n) is 10.6. The first kappa shape index (κ1) is 22.1. The van der Waals surface area contributed by atoms with E-state index in [2.05, 4.69) is 56.6 Å². The van der Waals surface area contributed by atoms with Gasteiger partial charge in [-0.1, -0.05) is 25.7 Å². The number of amides is 1. The zero-order valence-electron chi connectivity index (χ0n) is 18.7. The summed E-state index contributed by atoms with van der Waals surface area (Å²) in [5, 5.41) is 0. The zero-order valence-corrected chi connectivity index (χ0v) is 18.7. The molecule has 1 amide bonds. The Morgan fingerprint density at radius 2 is 2.00 bits per heavy atom. The molecular weight excluding hydrogens is 348 g/mol. The predicted molar refractivity (Wildman–Crippen MR) is 117 cm³/mol. The second-order valence-corrected chi connectivity index (χ2v) is 8.44. The van der Waals surface area contributed by atoms with E-state index in [9.17, 15) is 4.79 Å². The Morgan fingerprint density at radius 3 is 2.57 bits per heavy atom. The molecule has 4 heteroatoms. The third-order valence-corrected chi connectivity index (χ3v) is 5.18. The van der Waals surface area contributed by atoms with Crippen LogP contribution >= 0.6 is 0 Å². The van der Waals surface area contributed by atoms with Crippen LogP contribution in [0.4, 0.5) is 10.5 Å². The number of benzene rings is 1. The maximum atomic E-state index is 12.5. The zero-order chi connectivity index (χ0) is 20.9. The van der Waals surface area contributed by atoms with Crippen LogP contribution in [0.3, 0.4) is 0 Å². The Labute approximate surface area is 171 Å². The molecule has 1 atom stereocenters. The second-order valence-electron chi connectivity index (χ2n) is 8.44.